The van der Waals surface area contributed by atoms with E-state index >= 15 is 0 Å². The van der Waals surface area contributed by atoms with Gasteiger partial charge >= 0.3 is 0 Å². The van der Waals surface area contributed by atoms with Gasteiger partial charge in [0.05, 0.1) is 0 Å². The highest BCUT2D eigenvalue weighted by molar-refractivity contribution is 8.68. The van der Waals surface area contributed by atoms with E-state index in [1.807, 2.05) is 0 Å². The van der Waals surface area contributed by atoms with Gasteiger partial charge in [-0.05, 0) is 6.42 Å². The fraction of sp³-hybridized carbons (Fsp3) is 1.00. The highest BCUT2D eigenvalue weighted by atomic mass is 33.1. The third-order valence-corrected chi connectivity index (χ3v) is 4.86. The molecule has 0 rings (SSSR count). The number of rotatable bonds is 16. The Hall–Kier alpha value is 0.700. The molecule has 0 aliphatic carbocycles. The first-order valence-electron chi connectivity index (χ1n) is 8.68. The van der Waals surface area contributed by atoms with E-state index in [1.165, 1.54) is 102 Å². The molecule has 0 spiro atoms. The summed E-state index contributed by atoms with van der Waals surface area (Å²) in [6.45, 7) is 2.29. The topological polar surface area (TPSA) is 0 Å². The molecule has 0 aliphatic heterocycles. The third-order valence-electron chi connectivity index (χ3n) is 3.84. The van der Waals surface area contributed by atoms with Crippen molar-refractivity contribution in [3.05, 3.63) is 0 Å². The maximum absolute atomic E-state index is 4.16. The van der Waals surface area contributed by atoms with Gasteiger partial charge in [0, 0.05) is 5.75 Å². The summed E-state index contributed by atoms with van der Waals surface area (Å²) in [5.74, 6) is 1.22. The van der Waals surface area contributed by atoms with Crippen molar-refractivity contribution in [3.63, 3.8) is 0 Å². The Bertz CT molecular complexity index is 132. The molecule has 2 heteroatoms. The number of hydrogen-bond acceptors (Lipinski definition) is 2. The largest absolute Gasteiger partial charge is 0.111 e. The van der Waals surface area contributed by atoms with Gasteiger partial charge < -0.3 is 0 Å². The van der Waals surface area contributed by atoms with Crippen LogP contribution in [0.4, 0.5) is 0 Å². The zero-order chi connectivity index (χ0) is 14.0. The fourth-order valence-electron chi connectivity index (χ4n) is 2.54. The molecule has 0 aromatic rings. The molecule has 0 saturated carbocycles. The molecular weight excluding hydrogens is 268 g/mol. The Kier molecular flexibility index (Phi) is 19.4. The number of hydrogen-bond donors (Lipinski definition) is 1. The first-order valence-corrected chi connectivity index (χ1v) is 10.7. The van der Waals surface area contributed by atoms with Crippen molar-refractivity contribution in [3.8, 4) is 0 Å². The minimum Gasteiger partial charge on any atom is -0.111 e. The van der Waals surface area contributed by atoms with Crippen LogP contribution in [0.15, 0.2) is 0 Å². The Morgan fingerprint density at radius 2 is 0.842 bits per heavy atom. The van der Waals surface area contributed by atoms with Gasteiger partial charge in [0.2, 0.25) is 0 Å². The van der Waals surface area contributed by atoms with Gasteiger partial charge in [0.25, 0.3) is 0 Å². The van der Waals surface area contributed by atoms with E-state index in [2.05, 4.69) is 18.6 Å². The van der Waals surface area contributed by atoms with E-state index in [0.29, 0.717) is 0 Å². The summed E-state index contributed by atoms with van der Waals surface area (Å²) in [5, 5.41) is 0. The normalized spacial score (nSPS) is 11.1. The summed E-state index contributed by atoms with van der Waals surface area (Å²) in [6.07, 6.45) is 21.7. The van der Waals surface area contributed by atoms with Crippen molar-refractivity contribution >= 4 is 22.5 Å². The van der Waals surface area contributed by atoms with Crippen molar-refractivity contribution in [1.82, 2.24) is 0 Å². The average molecular weight is 305 g/mol. The Balaban J connectivity index is 2.88. The maximum atomic E-state index is 4.16. The van der Waals surface area contributed by atoms with Crippen LogP contribution < -0.4 is 0 Å². The molecule has 0 amide bonds. The van der Waals surface area contributed by atoms with E-state index in [0.717, 1.165) is 0 Å². The molecular formula is C17H36S2. The molecule has 19 heavy (non-hydrogen) atoms. The summed E-state index contributed by atoms with van der Waals surface area (Å²) in [4.78, 5) is 0. The molecule has 0 heterocycles. The van der Waals surface area contributed by atoms with Gasteiger partial charge in [-0.15, -0.1) is 11.7 Å². The van der Waals surface area contributed by atoms with Crippen LogP contribution in [0, 0.1) is 0 Å². The van der Waals surface area contributed by atoms with Gasteiger partial charge in [-0.2, -0.15) is 0 Å². The number of unbranched alkanes of at least 4 members (excludes halogenated alkanes) is 14. The second kappa shape index (κ2) is 18.7. The quantitative estimate of drug-likeness (QED) is 0.176. The van der Waals surface area contributed by atoms with Gasteiger partial charge in [-0.3, -0.25) is 0 Å². The van der Waals surface area contributed by atoms with Gasteiger partial charge in [0.15, 0.2) is 0 Å². The van der Waals surface area contributed by atoms with E-state index in [9.17, 15) is 0 Å². The lowest BCUT2D eigenvalue weighted by Crippen LogP contribution is -1.83. The molecule has 0 aromatic heterocycles. The van der Waals surface area contributed by atoms with Crippen molar-refractivity contribution in [2.45, 2.75) is 103 Å². The molecule has 0 unspecified atom stereocenters. The molecule has 0 aliphatic rings. The Morgan fingerprint density at radius 1 is 0.526 bits per heavy atom. The molecule has 0 bridgehead atoms. The first kappa shape index (κ1) is 19.7. The van der Waals surface area contributed by atoms with Crippen LogP contribution >= 0.6 is 22.5 Å². The molecule has 0 saturated heterocycles. The standard InChI is InChI=1S/C17H36S2/c1-2-3-4-5-6-7-8-9-10-11-12-13-14-15-16-17-19-18/h18H,2-17H2,1H3. The van der Waals surface area contributed by atoms with E-state index in [-0.39, 0.29) is 0 Å². The summed E-state index contributed by atoms with van der Waals surface area (Å²) in [5.41, 5.74) is 0. The van der Waals surface area contributed by atoms with Gasteiger partial charge in [-0.1, -0.05) is 108 Å². The van der Waals surface area contributed by atoms with Crippen LogP contribution in [0.25, 0.3) is 0 Å². The average Bonchev–Trinajstić information content (AvgIpc) is 2.43. The van der Waals surface area contributed by atoms with Crippen molar-refractivity contribution in [2.24, 2.45) is 0 Å². The zero-order valence-electron chi connectivity index (χ0n) is 13.2. The predicted molar refractivity (Wildman–Crippen MR) is 96.4 cm³/mol. The minimum atomic E-state index is 1.22. The van der Waals surface area contributed by atoms with Crippen molar-refractivity contribution in [2.75, 3.05) is 5.75 Å². The highest BCUT2D eigenvalue weighted by Crippen LogP contribution is 2.14. The summed E-state index contributed by atoms with van der Waals surface area (Å²) in [7, 11) is 1.68. The molecule has 0 atom stereocenters. The van der Waals surface area contributed by atoms with Crippen LogP contribution in [0.1, 0.15) is 103 Å². The minimum absolute atomic E-state index is 1.22. The molecule has 116 valence electrons. The smallest absolute Gasteiger partial charge is 0.00345 e. The maximum Gasteiger partial charge on any atom is 0.00345 e. The second-order valence-corrected chi connectivity index (χ2v) is 7.22. The van der Waals surface area contributed by atoms with E-state index in [1.54, 1.807) is 10.8 Å². The molecule has 0 nitrogen and oxygen atoms in total. The SMILES string of the molecule is CCCCCCCCCCCCCCCCCSS. The number of thiol groups is 1. The second-order valence-electron chi connectivity index (χ2n) is 5.78. The lowest BCUT2D eigenvalue weighted by molar-refractivity contribution is 0.535. The zero-order valence-corrected chi connectivity index (χ0v) is 14.9. The summed E-state index contributed by atoms with van der Waals surface area (Å²) < 4.78 is 0. The Morgan fingerprint density at radius 3 is 1.16 bits per heavy atom. The first-order chi connectivity index (χ1) is 9.41. The monoisotopic (exact) mass is 304 g/mol. The fourth-order valence-corrected chi connectivity index (χ4v) is 3.26. The van der Waals surface area contributed by atoms with Gasteiger partial charge in [-0.25, -0.2) is 0 Å². The van der Waals surface area contributed by atoms with Crippen LogP contribution in [0.2, 0.25) is 0 Å². The van der Waals surface area contributed by atoms with E-state index < -0.39 is 0 Å². The van der Waals surface area contributed by atoms with Crippen LogP contribution in [0.5, 0.6) is 0 Å². The molecule has 0 aromatic carbocycles. The molecule has 0 N–H and O–H groups in total. The molecule has 0 radical (unpaired) electrons. The van der Waals surface area contributed by atoms with Crippen molar-refractivity contribution < 1.29 is 0 Å². The summed E-state index contributed by atoms with van der Waals surface area (Å²) >= 11 is 4.16. The molecule has 0 fully saturated rings. The Labute approximate surface area is 131 Å². The van der Waals surface area contributed by atoms with Crippen LogP contribution in [-0.4, -0.2) is 5.75 Å². The lowest BCUT2D eigenvalue weighted by atomic mass is 10.0. The van der Waals surface area contributed by atoms with Crippen LogP contribution in [-0.2, 0) is 0 Å². The predicted octanol–water partition coefficient (Wildman–Crippen LogP) is 7.44. The summed E-state index contributed by atoms with van der Waals surface area (Å²) in [6, 6.07) is 0. The van der Waals surface area contributed by atoms with E-state index in [4.69, 9.17) is 0 Å². The lowest BCUT2D eigenvalue weighted by Gasteiger charge is -2.03. The van der Waals surface area contributed by atoms with Crippen LogP contribution in [0.3, 0.4) is 0 Å². The highest BCUT2D eigenvalue weighted by Gasteiger charge is 1.94. The van der Waals surface area contributed by atoms with Gasteiger partial charge in [0.1, 0.15) is 0 Å². The third kappa shape index (κ3) is 18.7. The van der Waals surface area contributed by atoms with Crippen molar-refractivity contribution in [1.29, 1.82) is 0 Å².